The smallest absolute Gasteiger partial charge is 0.289 e. The summed E-state index contributed by atoms with van der Waals surface area (Å²) in [6.07, 6.45) is 0. The van der Waals surface area contributed by atoms with Crippen molar-refractivity contribution < 1.29 is 9.59 Å². The molecule has 2 fully saturated rings. The zero-order valence-electron chi connectivity index (χ0n) is 21.3. The molecule has 0 radical (unpaired) electrons. The fraction of sp³-hybridized carbons (Fsp3) is 0.481. The molecule has 0 aliphatic carbocycles. The van der Waals surface area contributed by atoms with Gasteiger partial charge in [0, 0.05) is 79.7 Å². The van der Waals surface area contributed by atoms with Gasteiger partial charge >= 0.3 is 0 Å². The highest BCUT2D eigenvalue weighted by molar-refractivity contribution is 6.35. The molecule has 2 aromatic carbocycles. The van der Waals surface area contributed by atoms with E-state index in [4.69, 9.17) is 23.2 Å². The SMILES string of the molecule is CC(=O)C(=O)N1CCN(c2ccc(Cl)c(C)c2)C[C@H]1C.Cc1cc(N2CCN[C@H](C)C2)ccc1Cl. The maximum atomic E-state index is 11.8. The van der Waals surface area contributed by atoms with Crippen LogP contribution in [-0.2, 0) is 9.59 Å². The number of benzene rings is 2. The first-order valence-electron chi connectivity index (χ1n) is 12.1. The lowest BCUT2D eigenvalue weighted by molar-refractivity contribution is -0.145. The third kappa shape index (κ3) is 7.12. The zero-order chi connectivity index (χ0) is 25.7. The molecule has 2 aliphatic rings. The second-order valence-electron chi connectivity index (χ2n) is 9.52. The molecular weight excluding hydrogens is 483 g/mol. The third-order valence-electron chi connectivity index (χ3n) is 6.57. The van der Waals surface area contributed by atoms with Crippen molar-refractivity contribution in [3.63, 3.8) is 0 Å². The van der Waals surface area contributed by atoms with E-state index in [2.05, 4.69) is 47.2 Å². The minimum atomic E-state index is -0.396. The Balaban J connectivity index is 0.000000203. The normalized spacial score (nSPS) is 20.3. The van der Waals surface area contributed by atoms with Gasteiger partial charge in [0.2, 0.25) is 5.78 Å². The molecule has 35 heavy (non-hydrogen) atoms. The first-order valence-corrected chi connectivity index (χ1v) is 12.9. The summed E-state index contributed by atoms with van der Waals surface area (Å²) >= 11 is 12.1. The van der Waals surface area contributed by atoms with Crippen LogP contribution in [0.1, 0.15) is 31.9 Å². The number of anilines is 2. The molecule has 4 rings (SSSR count). The van der Waals surface area contributed by atoms with Crippen molar-refractivity contribution in [2.75, 3.05) is 49.1 Å². The molecule has 2 heterocycles. The van der Waals surface area contributed by atoms with Gasteiger partial charge in [0.15, 0.2) is 0 Å². The van der Waals surface area contributed by atoms with E-state index in [0.717, 1.165) is 59.6 Å². The van der Waals surface area contributed by atoms with Crippen molar-refractivity contribution >= 4 is 46.3 Å². The maximum absolute atomic E-state index is 11.8. The van der Waals surface area contributed by atoms with Gasteiger partial charge in [0.25, 0.3) is 5.91 Å². The number of Topliss-reactive ketones (excluding diaryl/α,β-unsaturated/α-hetero) is 1. The van der Waals surface area contributed by atoms with Gasteiger partial charge in [-0.2, -0.15) is 0 Å². The van der Waals surface area contributed by atoms with Crippen molar-refractivity contribution in [1.82, 2.24) is 10.2 Å². The maximum Gasteiger partial charge on any atom is 0.289 e. The van der Waals surface area contributed by atoms with Crippen molar-refractivity contribution in [2.45, 2.75) is 46.7 Å². The lowest BCUT2D eigenvalue weighted by Crippen LogP contribution is -2.55. The molecule has 2 aliphatic heterocycles. The molecule has 8 heteroatoms. The summed E-state index contributed by atoms with van der Waals surface area (Å²) in [6, 6.07) is 12.8. The predicted molar refractivity (Wildman–Crippen MR) is 146 cm³/mol. The van der Waals surface area contributed by atoms with E-state index in [1.54, 1.807) is 4.90 Å². The Morgan fingerprint density at radius 3 is 1.86 bits per heavy atom. The molecule has 1 amide bonds. The average Bonchev–Trinajstić information content (AvgIpc) is 2.82. The van der Waals surface area contributed by atoms with Gasteiger partial charge in [-0.1, -0.05) is 23.2 Å². The number of hydrogen-bond donors (Lipinski definition) is 1. The van der Waals surface area contributed by atoms with E-state index in [1.807, 2.05) is 32.0 Å². The number of aryl methyl sites for hydroxylation is 2. The molecule has 6 nitrogen and oxygen atoms in total. The van der Waals surface area contributed by atoms with Gasteiger partial charge in [-0.05, 0) is 75.2 Å². The van der Waals surface area contributed by atoms with Crippen LogP contribution < -0.4 is 15.1 Å². The number of piperazine rings is 2. The molecule has 0 aromatic heterocycles. The number of nitrogens with zero attached hydrogens (tertiary/aromatic N) is 3. The molecule has 2 saturated heterocycles. The van der Waals surface area contributed by atoms with Gasteiger partial charge in [-0.3, -0.25) is 9.59 Å². The number of amides is 1. The van der Waals surface area contributed by atoms with Crippen LogP contribution in [0.25, 0.3) is 0 Å². The summed E-state index contributed by atoms with van der Waals surface area (Å²) in [6.45, 7) is 14.8. The topological polar surface area (TPSA) is 55.9 Å². The van der Waals surface area contributed by atoms with E-state index in [-0.39, 0.29) is 11.9 Å². The van der Waals surface area contributed by atoms with Crippen LogP contribution in [0.4, 0.5) is 11.4 Å². The minimum absolute atomic E-state index is 0.0242. The summed E-state index contributed by atoms with van der Waals surface area (Å²) in [4.78, 5) is 29.3. The van der Waals surface area contributed by atoms with Crippen molar-refractivity contribution in [1.29, 1.82) is 0 Å². The number of halogens is 2. The van der Waals surface area contributed by atoms with Gasteiger partial charge in [0.05, 0.1) is 0 Å². The number of ketones is 1. The van der Waals surface area contributed by atoms with Crippen molar-refractivity contribution in [2.24, 2.45) is 0 Å². The number of rotatable bonds is 3. The lowest BCUT2D eigenvalue weighted by atomic mass is 10.1. The third-order valence-corrected chi connectivity index (χ3v) is 7.42. The predicted octanol–water partition coefficient (Wildman–Crippen LogP) is 4.72. The fourth-order valence-electron chi connectivity index (χ4n) is 4.51. The van der Waals surface area contributed by atoms with Gasteiger partial charge in [0.1, 0.15) is 0 Å². The minimum Gasteiger partial charge on any atom is -0.369 e. The van der Waals surface area contributed by atoms with Crippen LogP contribution in [-0.4, -0.2) is 67.9 Å². The average molecular weight is 520 g/mol. The molecule has 0 saturated carbocycles. The van der Waals surface area contributed by atoms with Crippen LogP contribution in [0.3, 0.4) is 0 Å². The highest BCUT2D eigenvalue weighted by atomic mass is 35.5. The van der Waals surface area contributed by atoms with E-state index >= 15 is 0 Å². The first kappa shape index (κ1) is 27.3. The molecule has 190 valence electrons. The standard InChI is InChI=1S/C15H19ClN2O2.C12H17ClN2/c1-10-8-13(4-5-14(10)16)17-6-7-18(11(2)9-17)15(20)12(3)19;1-9-7-11(3-4-12(9)13)15-6-5-14-10(2)8-15/h4-5,8,11H,6-7,9H2,1-3H3;3-4,7,10,14H,5-6,8H2,1-2H3/t11-;10-/m11/s1. The fourth-order valence-corrected chi connectivity index (χ4v) is 4.75. The molecule has 2 atom stereocenters. The van der Waals surface area contributed by atoms with Crippen LogP contribution in [0.2, 0.25) is 10.0 Å². The quantitative estimate of drug-likeness (QED) is 0.595. The molecule has 2 aromatic rings. The van der Waals surface area contributed by atoms with E-state index in [0.29, 0.717) is 12.6 Å². The monoisotopic (exact) mass is 518 g/mol. The molecular formula is C27H36Cl2N4O2. The Bertz CT molecular complexity index is 1060. The number of carbonyl (C=O) groups excluding carboxylic acids is 2. The Morgan fingerprint density at radius 2 is 1.40 bits per heavy atom. The van der Waals surface area contributed by atoms with Gasteiger partial charge < -0.3 is 20.0 Å². The first-order chi connectivity index (χ1) is 16.6. The molecule has 1 N–H and O–H groups in total. The second-order valence-corrected chi connectivity index (χ2v) is 10.3. The highest BCUT2D eigenvalue weighted by Gasteiger charge is 2.29. The van der Waals surface area contributed by atoms with Gasteiger partial charge in [-0.25, -0.2) is 0 Å². The Kier molecular flexibility index (Phi) is 9.45. The van der Waals surface area contributed by atoms with E-state index < -0.39 is 5.78 Å². The second kappa shape index (κ2) is 12.1. The summed E-state index contributed by atoms with van der Waals surface area (Å²) in [5, 5.41) is 5.05. The van der Waals surface area contributed by atoms with Crippen LogP contribution >= 0.6 is 23.2 Å². The Hall–Kier alpha value is -2.28. The summed E-state index contributed by atoms with van der Waals surface area (Å²) < 4.78 is 0. The van der Waals surface area contributed by atoms with Crippen molar-refractivity contribution in [3.8, 4) is 0 Å². The molecule has 0 bridgehead atoms. The lowest BCUT2D eigenvalue weighted by Gasteiger charge is -2.40. The number of nitrogens with one attached hydrogen (secondary N) is 1. The van der Waals surface area contributed by atoms with Crippen molar-refractivity contribution in [3.05, 3.63) is 57.6 Å². The van der Waals surface area contributed by atoms with E-state index in [1.165, 1.54) is 12.6 Å². The summed E-state index contributed by atoms with van der Waals surface area (Å²) in [7, 11) is 0. The number of hydrogen-bond acceptors (Lipinski definition) is 5. The number of carbonyl (C=O) groups is 2. The Labute approximate surface area is 219 Å². The Morgan fingerprint density at radius 1 is 0.857 bits per heavy atom. The largest absolute Gasteiger partial charge is 0.369 e. The van der Waals surface area contributed by atoms with Crippen LogP contribution in [0, 0.1) is 13.8 Å². The molecule has 0 spiro atoms. The summed E-state index contributed by atoms with van der Waals surface area (Å²) in [5.74, 6) is -0.780. The summed E-state index contributed by atoms with van der Waals surface area (Å²) in [5.41, 5.74) is 4.58. The van der Waals surface area contributed by atoms with Crippen LogP contribution in [0.5, 0.6) is 0 Å². The van der Waals surface area contributed by atoms with Crippen LogP contribution in [0.15, 0.2) is 36.4 Å². The van der Waals surface area contributed by atoms with Gasteiger partial charge in [-0.15, -0.1) is 0 Å². The zero-order valence-corrected chi connectivity index (χ0v) is 22.8. The highest BCUT2D eigenvalue weighted by Crippen LogP contribution is 2.25. The van der Waals surface area contributed by atoms with E-state index in [9.17, 15) is 9.59 Å². The molecule has 0 unspecified atom stereocenters.